The molecule has 6 nitrogen and oxygen atoms in total. The number of hydrogen-bond acceptors (Lipinski definition) is 4. The molecule has 6 heteroatoms. The number of rotatable bonds is 5. The van der Waals surface area contributed by atoms with E-state index in [2.05, 4.69) is 0 Å². The number of primary amides is 1. The SMILES string of the molecule is CC(Oc1ccc(CCN)cc1)C(=O)NC(N)=O. The molecule has 0 aliphatic heterocycles. The van der Waals surface area contributed by atoms with Crippen molar-refractivity contribution in [2.75, 3.05) is 6.54 Å². The minimum Gasteiger partial charge on any atom is -0.481 e. The maximum Gasteiger partial charge on any atom is 0.318 e. The van der Waals surface area contributed by atoms with Crippen LogP contribution in [0.5, 0.6) is 5.75 Å². The van der Waals surface area contributed by atoms with Crippen LogP contribution in [0.4, 0.5) is 4.79 Å². The summed E-state index contributed by atoms with van der Waals surface area (Å²) in [7, 11) is 0. The molecule has 1 atom stereocenters. The number of nitrogens with one attached hydrogen (secondary N) is 1. The van der Waals surface area contributed by atoms with Crippen molar-refractivity contribution in [3.63, 3.8) is 0 Å². The molecular formula is C12H17N3O3. The molecule has 98 valence electrons. The van der Waals surface area contributed by atoms with Crippen molar-refractivity contribution >= 4 is 11.9 Å². The Kier molecular flexibility index (Phi) is 5.13. The average molecular weight is 251 g/mol. The van der Waals surface area contributed by atoms with Crippen LogP contribution >= 0.6 is 0 Å². The first-order valence-electron chi connectivity index (χ1n) is 5.59. The summed E-state index contributed by atoms with van der Waals surface area (Å²) in [4.78, 5) is 21.9. The van der Waals surface area contributed by atoms with Gasteiger partial charge in [0.25, 0.3) is 5.91 Å². The van der Waals surface area contributed by atoms with Crippen LogP contribution in [0.3, 0.4) is 0 Å². The molecule has 0 aliphatic carbocycles. The van der Waals surface area contributed by atoms with Crippen LogP contribution in [0.2, 0.25) is 0 Å². The Balaban J connectivity index is 2.56. The van der Waals surface area contributed by atoms with E-state index in [1.54, 1.807) is 12.1 Å². The standard InChI is InChI=1S/C12H17N3O3/c1-8(11(16)15-12(14)17)18-10-4-2-9(3-5-10)6-7-13/h2-5,8H,6-7,13H2,1H3,(H3,14,15,16,17). The molecule has 0 spiro atoms. The van der Waals surface area contributed by atoms with Gasteiger partial charge in [0.05, 0.1) is 0 Å². The van der Waals surface area contributed by atoms with Crippen LogP contribution in [0.1, 0.15) is 12.5 Å². The van der Waals surface area contributed by atoms with Crippen molar-refractivity contribution in [1.29, 1.82) is 0 Å². The predicted octanol–water partition coefficient (Wildman–Crippen LogP) is 0.150. The zero-order chi connectivity index (χ0) is 13.5. The number of carbonyl (C=O) groups is 2. The lowest BCUT2D eigenvalue weighted by Gasteiger charge is -2.13. The number of hydrogen-bond donors (Lipinski definition) is 3. The highest BCUT2D eigenvalue weighted by atomic mass is 16.5. The third-order valence-corrected chi connectivity index (χ3v) is 2.28. The van der Waals surface area contributed by atoms with E-state index in [0.717, 1.165) is 12.0 Å². The largest absolute Gasteiger partial charge is 0.481 e. The third-order valence-electron chi connectivity index (χ3n) is 2.28. The maximum absolute atomic E-state index is 11.4. The van der Waals surface area contributed by atoms with E-state index in [1.807, 2.05) is 17.4 Å². The van der Waals surface area contributed by atoms with E-state index in [0.29, 0.717) is 12.3 Å². The highest BCUT2D eigenvalue weighted by Crippen LogP contribution is 2.14. The van der Waals surface area contributed by atoms with Gasteiger partial charge in [0.15, 0.2) is 6.10 Å². The molecule has 18 heavy (non-hydrogen) atoms. The van der Waals surface area contributed by atoms with Gasteiger partial charge in [-0.05, 0) is 37.6 Å². The Bertz CT molecular complexity index is 417. The summed E-state index contributed by atoms with van der Waals surface area (Å²) < 4.78 is 5.36. The highest BCUT2D eigenvalue weighted by Gasteiger charge is 2.15. The van der Waals surface area contributed by atoms with Gasteiger partial charge in [0.1, 0.15) is 5.75 Å². The van der Waals surface area contributed by atoms with Crippen molar-refractivity contribution in [3.8, 4) is 5.75 Å². The van der Waals surface area contributed by atoms with E-state index in [9.17, 15) is 9.59 Å². The monoisotopic (exact) mass is 251 g/mol. The van der Waals surface area contributed by atoms with E-state index < -0.39 is 18.0 Å². The fourth-order valence-electron chi connectivity index (χ4n) is 1.38. The molecule has 1 aromatic carbocycles. The van der Waals surface area contributed by atoms with Gasteiger partial charge >= 0.3 is 6.03 Å². The van der Waals surface area contributed by atoms with Crippen LogP contribution in [-0.4, -0.2) is 24.6 Å². The molecule has 0 bridgehead atoms. The Morgan fingerprint density at radius 1 is 1.33 bits per heavy atom. The van der Waals surface area contributed by atoms with Crippen LogP contribution in [0.15, 0.2) is 24.3 Å². The van der Waals surface area contributed by atoms with Gasteiger partial charge < -0.3 is 16.2 Å². The van der Waals surface area contributed by atoms with Crippen LogP contribution < -0.4 is 21.5 Å². The minimum atomic E-state index is -0.895. The molecule has 0 saturated heterocycles. The molecule has 0 aromatic heterocycles. The molecule has 0 fully saturated rings. The average Bonchev–Trinajstić information content (AvgIpc) is 2.31. The van der Waals surface area contributed by atoms with Gasteiger partial charge in [-0.15, -0.1) is 0 Å². The maximum atomic E-state index is 11.4. The van der Waals surface area contributed by atoms with Gasteiger partial charge in [0.2, 0.25) is 0 Å². The number of benzene rings is 1. The van der Waals surface area contributed by atoms with Crippen molar-refractivity contribution in [1.82, 2.24) is 5.32 Å². The summed E-state index contributed by atoms with van der Waals surface area (Å²) in [5, 5.41) is 1.95. The van der Waals surface area contributed by atoms with Crippen LogP contribution in [0, 0.1) is 0 Å². The van der Waals surface area contributed by atoms with Crippen molar-refractivity contribution in [3.05, 3.63) is 29.8 Å². The van der Waals surface area contributed by atoms with Crippen molar-refractivity contribution in [2.45, 2.75) is 19.4 Å². The second-order valence-electron chi connectivity index (χ2n) is 3.80. The number of ether oxygens (including phenoxy) is 1. The summed E-state index contributed by atoms with van der Waals surface area (Å²) in [6, 6.07) is 6.36. The Morgan fingerprint density at radius 2 is 1.94 bits per heavy atom. The number of amides is 3. The Morgan fingerprint density at radius 3 is 2.44 bits per heavy atom. The summed E-state index contributed by atoms with van der Waals surface area (Å²) >= 11 is 0. The quantitative estimate of drug-likeness (QED) is 0.692. The summed E-state index contributed by atoms with van der Waals surface area (Å²) in [5.74, 6) is -0.0311. The Labute approximate surface area is 105 Å². The van der Waals surface area contributed by atoms with Gasteiger partial charge in [-0.25, -0.2) is 4.79 Å². The molecule has 0 saturated carbocycles. The number of urea groups is 1. The minimum absolute atomic E-state index is 0.544. The van der Waals surface area contributed by atoms with Gasteiger partial charge in [-0.3, -0.25) is 10.1 Å². The molecule has 0 aliphatic rings. The summed E-state index contributed by atoms with van der Waals surface area (Å²) in [6.45, 7) is 2.11. The Hall–Kier alpha value is -2.08. The second kappa shape index (κ2) is 6.61. The third kappa shape index (κ3) is 4.42. The molecule has 0 radical (unpaired) electrons. The highest BCUT2D eigenvalue weighted by molar-refractivity contribution is 5.95. The topological polar surface area (TPSA) is 107 Å². The molecule has 1 aromatic rings. The fraction of sp³-hybridized carbons (Fsp3) is 0.333. The van der Waals surface area contributed by atoms with E-state index in [4.69, 9.17) is 16.2 Å². The lowest BCUT2D eigenvalue weighted by molar-refractivity contribution is -0.126. The second-order valence-corrected chi connectivity index (χ2v) is 3.80. The van der Waals surface area contributed by atoms with E-state index >= 15 is 0 Å². The lowest BCUT2D eigenvalue weighted by Crippen LogP contribution is -2.42. The number of nitrogens with two attached hydrogens (primary N) is 2. The molecular weight excluding hydrogens is 234 g/mol. The first-order chi connectivity index (χ1) is 8.52. The summed E-state index contributed by atoms with van der Waals surface area (Å²) in [5.41, 5.74) is 11.4. The zero-order valence-corrected chi connectivity index (χ0v) is 10.2. The van der Waals surface area contributed by atoms with Gasteiger partial charge in [-0.1, -0.05) is 12.1 Å². The number of carbonyl (C=O) groups excluding carboxylic acids is 2. The van der Waals surface area contributed by atoms with E-state index in [1.165, 1.54) is 6.92 Å². The van der Waals surface area contributed by atoms with Gasteiger partial charge in [-0.2, -0.15) is 0 Å². The van der Waals surface area contributed by atoms with Gasteiger partial charge in [0, 0.05) is 0 Å². The first kappa shape index (κ1) is 14.0. The number of imide groups is 1. The molecule has 5 N–H and O–H groups in total. The molecule has 1 rings (SSSR count). The predicted molar refractivity (Wildman–Crippen MR) is 67.0 cm³/mol. The van der Waals surface area contributed by atoms with Crippen LogP contribution in [0.25, 0.3) is 0 Å². The van der Waals surface area contributed by atoms with Crippen molar-refractivity contribution < 1.29 is 14.3 Å². The van der Waals surface area contributed by atoms with Crippen LogP contribution in [-0.2, 0) is 11.2 Å². The summed E-state index contributed by atoms with van der Waals surface area (Å²) in [6.07, 6.45) is -0.00397. The normalized spacial score (nSPS) is 11.7. The molecule has 1 unspecified atom stereocenters. The first-order valence-corrected chi connectivity index (χ1v) is 5.59. The smallest absolute Gasteiger partial charge is 0.318 e. The molecule has 3 amide bonds. The lowest BCUT2D eigenvalue weighted by atomic mass is 10.1. The van der Waals surface area contributed by atoms with Crippen molar-refractivity contribution in [2.24, 2.45) is 11.5 Å². The van der Waals surface area contributed by atoms with E-state index in [-0.39, 0.29) is 0 Å². The fourth-order valence-corrected chi connectivity index (χ4v) is 1.38. The zero-order valence-electron chi connectivity index (χ0n) is 10.2. The molecule has 0 heterocycles.